The highest BCUT2D eigenvalue weighted by molar-refractivity contribution is 5.38. The molecule has 0 radical (unpaired) electrons. The number of nitrogens with one attached hydrogen (secondary N) is 1. The molecule has 0 aliphatic heterocycles. The largest absolute Gasteiger partial charge is 0.496 e. The van der Waals surface area contributed by atoms with E-state index < -0.39 is 5.54 Å². The van der Waals surface area contributed by atoms with Crippen LogP contribution < -0.4 is 10.1 Å². The average Bonchev–Trinajstić information content (AvgIpc) is 2.29. The maximum atomic E-state index is 9.47. The second-order valence-electron chi connectivity index (χ2n) is 3.72. The van der Waals surface area contributed by atoms with E-state index in [1.807, 2.05) is 38.1 Å². The molecule has 0 saturated carbocycles. The van der Waals surface area contributed by atoms with Crippen LogP contribution >= 0.6 is 0 Å². The fourth-order valence-electron chi connectivity index (χ4n) is 1.73. The van der Waals surface area contributed by atoms with Gasteiger partial charge in [-0.3, -0.25) is 0 Å². The van der Waals surface area contributed by atoms with Crippen molar-refractivity contribution in [2.75, 3.05) is 20.3 Å². The van der Waals surface area contributed by atoms with Gasteiger partial charge in [-0.25, -0.2) is 0 Å². The van der Waals surface area contributed by atoms with E-state index in [9.17, 15) is 5.11 Å². The van der Waals surface area contributed by atoms with E-state index in [1.54, 1.807) is 7.11 Å². The summed E-state index contributed by atoms with van der Waals surface area (Å²) in [6, 6.07) is 7.74. The minimum atomic E-state index is -0.443. The first-order valence-electron chi connectivity index (χ1n) is 5.17. The van der Waals surface area contributed by atoms with E-state index in [0.29, 0.717) is 0 Å². The summed E-state index contributed by atoms with van der Waals surface area (Å²) in [4.78, 5) is 0. The van der Waals surface area contributed by atoms with Crippen LogP contribution in [-0.4, -0.2) is 25.4 Å². The van der Waals surface area contributed by atoms with Gasteiger partial charge in [-0.1, -0.05) is 25.1 Å². The molecule has 84 valence electrons. The third-order valence-corrected chi connectivity index (χ3v) is 2.58. The van der Waals surface area contributed by atoms with Crippen LogP contribution in [0.25, 0.3) is 0 Å². The van der Waals surface area contributed by atoms with Crippen molar-refractivity contribution in [3.63, 3.8) is 0 Å². The van der Waals surface area contributed by atoms with Crippen molar-refractivity contribution >= 4 is 0 Å². The lowest BCUT2D eigenvalue weighted by molar-refractivity contribution is 0.174. The van der Waals surface area contributed by atoms with Crippen LogP contribution in [0.4, 0.5) is 0 Å². The topological polar surface area (TPSA) is 41.5 Å². The molecule has 0 spiro atoms. The third-order valence-electron chi connectivity index (χ3n) is 2.58. The van der Waals surface area contributed by atoms with E-state index in [-0.39, 0.29) is 6.61 Å². The van der Waals surface area contributed by atoms with Crippen molar-refractivity contribution in [1.82, 2.24) is 5.32 Å². The number of benzene rings is 1. The molecule has 15 heavy (non-hydrogen) atoms. The Morgan fingerprint density at radius 1 is 1.40 bits per heavy atom. The number of para-hydroxylation sites is 1. The number of likely N-dealkylation sites (N-methyl/N-ethyl adjacent to an activating group) is 1. The summed E-state index contributed by atoms with van der Waals surface area (Å²) >= 11 is 0. The van der Waals surface area contributed by atoms with E-state index in [2.05, 4.69) is 5.32 Å². The van der Waals surface area contributed by atoms with Crippen LogP contribution in [0.15, 0.2) is 24.3 Å². The molecule has 1 aromatic carbocycles. The van der Waals surface area contributed by atoms with Crippen molar-refractivity contribution in [1.29, 1.82) is 0 Å². The highest BCUT2D eigenvalue weighted by atomic mass is 16.5. The lowest BCUT2D eigenvalue weighted by atomic mass is 9.92. The zero-order chi connectivity index (χ0) is 11.3. The zero-order valence-electron chi connectivity index (χ0n) is 9.58. The number of rotatable bonds is 5. The second-order valence-corrected chi connectivity index (χ2v) is 3.72. The van der Waals surface area contributed by atoms with Crippen molar-refractivity contribution in [3.8, 4) is 5.75 Å². The normalized spacial score (nSPS) is 14.7. The Morgan fingerprint density at radius 2 is 2.07 bits per heavy atom. The van der Waals surface area contributed by atoms with Gasteiger partial charge in [0.15, 0.2) is 0 Å². The maximum Gasteiger partial charge on any atom is 0.123 e. The molecule has 1 aromatic rings. The predicted octanol–water partition coefficient (Wildman–Crippen LogP) is 1.51. The number of aliphatic hydroxyl groups excluding tert-OH is 1. The summed E-state index contributed by atoms with van der Waals surface area (Å²) in [6.45, 7) is 4.83. The van der Waals surface area contributed by atoms with Gasteiger partial charge < -0.3 is 15.2 Å². The van der Waals surface area contributed by atoms with Crippen molar-refractivity contribution in [2.45, 2.75) is 19.4 Å². The van der Waals surface area contributed by atoms with E-state index in [4.69, 9.17) is 4.74 Å². The van der Waals surface area contributed by atoms with Crippen LogP contribution in [-0.2, 0) is 5.54 Å². The molecule has 0 heterocycles. The van der Waals surface area contributed by atoms with Gasteiger partial charge in [-0.2, -0.15) is 0 Å². The standard InChI is InChI=1S/C12H19NO2/c1-4-13-12(2,9-14)10-7-5-6-8-11(10)15-3/h5-8,13-14H,4,9H2,1-3H3. The van der Waals surface area contributed by atoms with Crippen LogP contribution in [0.3, 0.4) is 0 Å². The minimum absolute atomic E-state index is 0.0429. The summed E-state index contributed by atoms with van der Waals surface area (Å²) < 4.78 is 5.29. The van der Waals surface area contributed by atoms with Crippen LogP contribution in [0.1, 0.15) is 19.4 Å². The van der Waals surface area contributed by atoms with E-state index in [1.165, 1.54) is 0 Å². The Balaban J connectivity index is 3.10. The molecule has 0 fully saturated rings. The number of aliphatic hydroxyl groups is 1. The molecule has 0 aliphatic carbocycles. The predicted molar refractivity (Wildman–Crippen MR) is 61.1 cm³/mol. The van der Waals surface area contributed by atoms with Crippen LogP contribution in [0.5, 0.6) is 5.75 Å². The second kappa shape index (κ2) is 5.14. The summed E-state index contributed by atoms with van der Waals surface area (Å²) in [7, 11) is 1.64. The number of ether oxygens (including phenoxy) is 1. The molecule has 1 atom stereocenters. The summed E-state index contributed by atoms with van der Waals surface area (Å²) in [6.07, 6.45) is 0. The van der Waals surface area contributed by atoms with Crippen molar-refractivity contribution < 1.29 is 9.84 Å². The Bertz CT molecular complexity index is 314. The summed E-state index contributed by atoms with van der Waals surface area (Å²) in [5, 5.41) is 12.7. The first-order chi connectivity index (χ1) is 7.18. The highest BCUT2D eigenvalue weighted by Crippen LogP contribution is 2.29. The molecular weight excluding hydrogens is 190 g/mol. The van der Waals surface area contributed by atoms with Crippen molar-refractivity contribution in [3.05, 3.63) is 29.8 Å². The first kappa shape index (κ1) is 12.0. The van der Waals surface area contributed by atoms with Gasteiger partial charge in [0, 0.05) is 5.56 Å². The molecular formula is C12H19NO2. The van der Waals surface area contributed by atoms with Crippen LogP contribution in [0.2, 0.25) is 0 Å². The first-order valence-corrected chi connectivity index (χ1v) is 5.17. The van der Waals surface area contributed by atoms with Gasteiger partial charge >= 0.3 is 0 Å². The average molecular weight is 209 g/mol. The Hall–Kier alpha value is -1.06. The number of methoxy groups -OCH3 is 1. The zero-order valence-corrected chi connectivity index (χ0v) is 9.58. The van der Waals surface area contributed by atoms with Gasteiger partial charge in [0.25, 0.3) is 0 Å². The van der Waals surface area contributed by atoms with Crippen molar-refractivity contribution in [2.24, 2.45) is 0 Å². The summed E-state index contributed by atoms with van der Waals surface area (Å²) in [5.74, 6) is 0.801. The Kier molecular flexibility index (Phi) is 4.12. The number of hydrogen-bond donors (Lipinski definition) is 2. The lowest BCUT2D eigenvalue weighted by Gasteiger charge is -2.30. The fraction of sp³-hybridized carbons (Fsp3) is 0.500. The monoisotopic (exact) mass is 209 g/mol. The molecule has 0 aliphatic rings. The van der Waals surface area contributed by atoms with E-state index >= 15 is 0 Å². The lowest BCUT2D eigenvalue weighted by Crippen LogP contribution is -2.42. The van der Waals surface area contributed by atoms with Gasteiger partial charge in [0.2, 0.25) is 0 Å². The minimum Gasteiger partial charge on any atom is -0.496 e. The van der Waals surface area contributed by atoms with Crippen LogP contribution in [0, 0.1) is 0 Å². The third kappa shape index (κ3) is 2.49. The van der Waals surface area contributed by atoms with Gasteiger partial charge in [-0.05, 0) is 19.5 Å². The number of hydrogen-bond acceptors (Lipinski definition) is 3. The molecule has 1 rings (SSSR count). The van der Waals surface area contributed by atoms with E-state index in [0.717, 1.165) is 17.9 Å². The molecule has 0 aromatic heterocycles. The SMILES string of the molecule is CCNC(C)(CO)c1ccccc1OC. The fourth-order valence-corrected chi connectivity index (χ4v) is 1.73. The highest BCUT2D eigenvalue weighted by Gasteiger charge is 2.27. The quantitative estimate of drug-likeness (QED) is 0.772. The molecule has 0 saturated heterocycles. The molecule has 3 heteroatoms. The van der Waals surface area contributed by atoms with Gasteiger partial charge in [-0.15, -0.1) is 0 Å². The Morgan fingerprint density at radius 3 is 2.60 bits per heavy atom. The Labute approximate surface area is 91.1 Å². The van der Waals surface area contributed by atoms with Gasteiger partial charge in [0.05, 0.1) is 19.3 Å². The van der Waals surface area contributed by atoms with Gasteiger partial charge in [0.1, 0.15) is 5.75 Å². The maximum absolute atomic E-state index is 9.47. The molecule has 0 bridgehead atoms. The molecule has 2 N–H and O–H groups in total. The summed E-state index contributed by atoms with van der Waals surface area (Å²) in [5.41, 5.74) is 0.540. The molecule has 0 amide bonds. The molecule has 3 nitrogen and oxygen atoms in total. The molecule has 1 unspecified atom stereocenters. The smallest absolute Gasteiger partial charge is 0.123 e.